The van der Waals surface area contributed by atoms with E-state index in [4.69, 9.17) is 9.47 Å². The van der Waals surface area contributed by atoms with Gasteiger partial charge >= 0.3 is 0 Å². The number of aliphatic hydroxyl groups excluding tert-OH is 1. The van der Waals surface area contributed by atoms with Crippen LogP contribution in [0.4, 0.5) is 4.39 Å². The molecule has 2 N–H and O–H groups in total. The average Bonchev–Trinajstić information content (AvgIpc) is 3.17. The zero-order valence-corrected chi connectivity index (χ0v) is 19.3. The fourth-order valence-electron chi connectivity index (χ4n) is 3.55. The molecule has 0 aliphatic heterocycles. The number of benzene rings is 2. The quantitative estimate of drug-likeness (QED) is 0.526. The molecule has 3 aromatic rings. The molecule has 2 atom stereocenters. The second kappa shape index (κ2) is 10.1. The highest BCUT2D eigenvalue weighted by Crippen LogP contribution is 2.34. The normalized spacial score (nSPS) is 13.6. The maximum Gasteiger partial charge on any atom is 0.130 e. The number of aliphatic hydroxyl groups is 1. The van der Waals surface area contributed by atoms with E-state index in [2.05, 4.69) is 31.1 Å². The van der Waals surface area contributed by atoms with Crippen LogP contribution in [0.15, 0.2) is 54.9 Å². The van der Waals surface area contributed by atoms with E-state index < -0.39 is 6.10 Å². The summed E-state index contributed by atoms with van der Waals surface area (Å²) in [6, 6.07) is 11.7. The van der Waals surface area contributed by atoms with Crippen LogP contribution in [0.2, 0.25) is 0 Å². The Morgan fingerprint density at radius 3 is 2.59 bits per heavy atom. The Balaban J connectivity index is 1.69. The topological polar surface area (TPSA) is 68.5 Å². The third-order valence-electron chi connectivity index (χ3n) is 5.28. The summed E-state index contributed by atoms with van der Waals surface area (Å²) in [5.41, 5.74) is 1.59. The van der Waals surface area contributed by atoms with Gasteiger partial charge in [-0.05, 0) is 41.3 Å². The van der Waals surface area contributed by atoms with Crippen molar-refractivity contribution in [2.24, 2.45) is 7.05 Å². The van der Waals surface area contributed by atoms with Gasteiger partial charge in [0.2, 0.25) is 0 Å². The van der Waals surface area contributed by atoms with Crippen LogP contribution in [0.25, 0.3) is 0 Å². The van der Waals surface area contributed by atoms with Gasteiger partial charge in [-0.2, -0.15) is 0 Å². The van der Waals surface area contributed by atoms with Gasteiger partial charge in [0.25, 0.3) is 0 Å². The Morgan fingerprint density at radius 1 is 1.19 bits per heavy atom. The minimum atomic E-state index is -0.777. The SMILES string of the molecule is COc1ccc(OCC(O)CNC(c2cccc(F)c2)c2nccn2C)c(C(C)(C)C)c1. The number of hydrogen-bond donors (Lipinski definition) is 2. The Hall–Kier alpha value is -2.90. The summed E-state index contributed by atoms with van der Waals surface area (Å²) < 4.78 is 27.0. The third-order valence-corrected chi connectivity index (χ3v) is 5.28. The van der Waals surface area contributed by atoms with Gasteiger partial charge in [0, 0.05) is 31.5 Å². The molecule has 0 aliphatic rings. The third kappa shape index (κ3) is 5.87. The number of methoxy groups -OCH3 is 1. The largest absolute Gasteiger partial charge is 0.497 e. The van der Waals surface area contributed by atoms with Crippen molar-refractivity contribution in [3.8, 4) is 11.5 Å². The first-order valence-electron chi connectivity index (χ1n) is 10.6. The molecule has 1 aromatic heterocycles. The molecule has 2 unspecified atom stereocenters. The number of hydrogen-bond acceptors (Lipinski definition) is 5. The lowest BCUT2D eigenvalue weighted by Crippen LogP contribution is -2.35. The van der Waals surface area contributed by atoms with Crippen LogP contribution in [-0.4, -0.2) is 41.0 Å². The highest BCUT2D eigenvalue weighted by atomic mass is 19.1. The molecule has 0 spiro atoms. The Morgan fingerprint density at radius 2 is 1.97 bits per heavy atom. The second-order valence-corrected chi connectivity index (χ2v) is 8.87. The van der Waals surface area contributed by atoms with Gasteiger partial charge in [0.15, 0.2) is 0 Å². The van der Waals surface area contributed by atoms with E-state index in [9.17, 15) is 9.50 Å². The summed E-state index contributed by atoms with van der Waals surface area (Å²) in [6.45, 7) is 6.66. The average molecular weight is 442 g/mol. The number of aromatic nitrogens is 2. The molecule has 0 bridgehead atoms. The minimum absolute atomic E-state index is 0.110. The molecule has 2 aromatic carbocycles. The van der Waals surface area contributed by atoms with E-state index in [-0.39, 0.29) is 30.4 Å². The van der Waals surface area contributed by atoms with Gasteiger partial charge in [-0.1, -0.05) is 32.9 Å². The summed E-state index contributed by atoms with van der Waals surface area (Å²) in [5, 5.41) is 13.9. The van der Waals surface area contributed by atoms with Crippen molar-refractivity contribution in [2.45, 2.75) is 38.3 Å². The van der Waals surface area contributed by atoms with E-state index in [1.54, 1.807) is 19.4 Å². The number of nitrogens with zero attached hydrogens (tertiary/aromatic N) is 2. The van der Waals surface area contributed by atoms with E-state index in [1.807, 2.05) is 42.1 Å². The minimum Gasteiger partial charge on any atom is -0.497 e. The monoisotopic (exact) mass is 441 g/mol. The van der Waals surface area contributed by atoms with Crippen LogP contribution in [-0.2, 0) is 12.5 Å². The van der Waals surface area contributed by atoms with Crippen molar-refractivity contribution in [3.05, 3.63) is 77.6 Å². The fourth-order valence-corrected chi connectivity index (χ4v) is 3.55. The maximum atomic E-state index is 13.8. The van der Waals surface area contributed by atoms with E-state index in [0.717, 1.165) is 22.7 Å². The molecule has 6 nitrogen and oxygen atoms in total. The van der Waals surface area contributed by atoms with E-state index in [0.29, 0.717) is 5.75 Å². The van der Waals surface area contributed by atoms with Gasteiger partial charge in [-0.25, -0.2) is 9.37 Å². The smallest absolute Gasteiger partial charge is 0.130 e. The Bertz CT molecular complexity index is 1030. The molecule has 3 rings (SSSR count). The number of imidazole rings is 1. The first kappa shape index (κ1) is 23.8. The molecule has 7 heteroatoms. The van der Waals surface area contributed by atoms with Crippen molar-refractivity contribution in [1.82, 2.24) is 14.9 Å². The maximum absolute atomic E-state index is 13.8. The molecule has 0 saturated heterocycles. The number of rotatable bonds is 9. The molecule has 172 valence electrons. The molecule has 0 fully saturated rings. The number of halogens is 1. The van der Waals surface area contributed by atoms with E-state index in [1.165, 1.54) is 12.1 Å². The summed E-state index contributed by atoms with van der Waals surface area (Å²) in [5.74, 6) is 1.89. The molecule has 0 saturated carbocycles. The Labute approximate surface area is 189 Å². The van der Waals surface area contributed by atoms with Crippen molar-refractivity contribution in [3.63, 3.8) is 0 Å². The summed E-state index contributed by atoms with van der Waals surface area (Å²) in [4.78, 5) is 4.40. The number of nitrogens with one attached hydrogen (secondary N) is 1. The lowest BCUT2D eigenvalue weighted by Gasteiger charge is -2.25. The van der Waals surface area contributed by atoms with Crippen molar-refractivity contribution in [1.29, 1.82) is 0 Å². The van der Waals surface area contributed by atoms with Gasteiger partial charge < -0.3 is 24.5 Å². The predicted octanol–water partition coefficient (Wildman–Crippen LogP) is 3.98. The molecule has 32 heavy (non-hydrogen) atoms. The number of ether oxygens (including phenoxy) is 2. The van der Waals surface area contributed by atoms with Crippen LogP contribution in [0.1, 0.15) is 43.8 Å². The van der Waals surface area contributed by atoms with Crippen LogP contribution in [0.5, 0.6) is 11.5 Å². The van der Waals surface area contributed by atoms with Crippen LogP contribution in [0.3, 0.4) is 0 Å². The molecular weight excluding hydrogens is 409 g/mol. The summed E-state index contributed by atoms with van der Waals surface area (Å²) >= 11 is 0. The second-order valence-electron chi connectivity index (χ2n) is 8.87. The van der Waals surface area contributed by atoms with Crippen molar-refractivity contribution in [2.75, 3.05) is 20.3 Å². The van der Waals surface area contributed by atoms with Crippen molar-refractivity contribution >= 4 is 0 Å². The van der Waals surface area contributed by atoms with Gasteiger partial charge in [0.05, 0.1) is 13.2 Å². The van der Waals surface area contributed by atoms with Crippen molar-refractivity contribution < 1.29 is 19.0 Å². The Kier molecular flexibility index (Phi) is 7.53. The van der Waals surface area contributed by atoms with Gasteiger partial charge in [-0.15, -0.1) is 0 Å². The predicted molar refractivity (Wildman–Crippen MR) is 123 cm³/mol. The lowest BCUT2D eigenvalue weighted by atomic mass is 9.86. The van der Waals surface area contributed by atoms with Gasteiger partial charge in [0.1, 0.15) is 35.9 Å². The molecule has 1 heterocycles. The first-order valence-corrected chi connectivity index (χ1v) is 10.6. The highest BCUT2D eigenvalue weighted by Gasteiger charge is 2.22. The van der Waals surface area contributed by atoms with Crippen LogP contribution in [0, 0.1) is 5.82 Å². The zero-order chi connectivity index (χ0) is 23.3. The van der Waals surface area contributed by atoms with E-state index >= 15 is 0 Å². The lowest BCUT2D eigenvalue weighted by molar-refractivity contribution is 0.103. The number of aryl methyl sites for hydroxylation is 1. The standard InChI is InChI=1S/C25H32FN3O3/c1-25(2,3)21-14-20(31-5)9-10-22(21)32-16-19(30)15-28-23(24-27-11-12-29(24)4)17-7-6-8-18(26)13-17/h6-14,19,23,28,30H,15-16H2,1-5H3. The molecular formula is C25H32FN3O3. The summed E-state index contributed by atoms with van der Waals surface area (Å²) in [7, 11) is 3.52. The fraction of sp³-hybridized carbons (Fsp3) is 0.400. The summed E-state index contributed by atoms with van der Waals surface area (Å²) in [6.07, 6.45) is 2.75. The highest BCUT2D eigenvalue weighted by molar-refractivity contribution is 5.44. The zero-order valence-electron chi connectivity index (χ0n) is 19.3. The van der Waals surface area contributed by atoms with Gasteiger partial charge in [-0.3, -0.25) is 0 Å². The molecule has 0 aliphatic carbocycles. The molecule has 0 radical (unpaired) electrons. The van der Waals surface area contributed by atoms with Crippen LogP contribution < -0.4 is 14.8 Å². The van der Waals surface area contributed by atoms with Crippen LogP contribution >= 0.6 is 0 Å². The molecule has 0 amide bonds. The first-order chi connectivity index (χ1) is 15.2.